The van der Waals surface area contributed by atoms with Crippen LogP contribution in [0.25, 0.3) is 11.1 Å². The zero-order valence-corrected chi connectivity index (χ0v) is 19.3. The fourth-order valence-electron chi connectivity index (χ4n) is 3.95. The minimum absolute atomic E-state index is 0.0364. The van der Waals surface area contributed by atoms with Crippen molar-refractivity contribution in [2.45, 2.75) is 12.7 Å². The molecule has 1 unspecified atom stereocenters. The summed E-state index contributed by atoms with van der Waals surface area (Å²) in [4.78, 5) is 36.4. The number of benzene rings is 2. The molecule has 0 radical (unpaired) electrons. The summed E-state index contributed by atoms with van der Waals surface area (Å²) in [6.45, 7) is -1.23. The van der Waals surface area contributed by atoms with Crippen molar-refractivity contribution in [2.24, 2.45) is 0 Å². The number of piperazine rings is 1. The number of hydrogen-bond acceptors (Lipinski definition) is 8. The van der Waals surface area contributed by atoms with Crippen molar-refractivity contribution in [3.63, 3.8) is 0 Å². The van der Waals surface area contributed by atoms with Crippen LogP contribution in [0.1, 0.15) is 10.4 Å². The third-order valence-electron chi connectivity index (χ3n) is 5.82. The molecule has 188 valence electrons. The summed E-state index contributed by atoms with van der Waals surface area (Å²) in [6, 6.07) is 12.6. The molecule has 0 aliphatic carbocycles. The number of aliphatic hydroxyl groups excluding tert-OH is 1. The molecular weight excluding hydrogens is 472 g/mol. The SMILES string of the molecule is O=CC1CN(C(=O)c2ccc(Nc3ncc(-c4ccc(OC(F)F)cc4)cn3)cc2)CCN1CCO. The van der Waals surface area contributed by atoms with Gasteiger partial charge in [0.25, 0.3) is 5.91 Å². The fourth-order valence-corrected chi connectivity index (χ4v) is 3.95. The van der Waals surface area contributed by atoms with Crippen molar-refractivity contribution < 1.29 is 28.2 Å². The number of β-amino-alcohol motifs (C(OH)–C–C–N with tert-alkyl or cyclic N) is 1. The maximum Gasteiger partial charge on any atom is 0.387 e. The average molecular weight is 498 g/mol. The van der Waals surface area contributed by atoms with E-state index in [0.717, 1.165) is 11.8 Å². The van der Waals surface area contributed by atoms with E-state index in [4.69, 9.17) is 5.11 Å². The normalized spacial score (nSPS) is 16.1. The summed E-state index contributed by atoms with van der Waals surface area (Å²) in [5.41, 5.74) is 2.64. The van der Waals surface area contributed by atoms with Crippen LogP contribution in [-0.2, 0) is 4.79 Å². The van der Waals surface area contributed by atoms with Gasteiger partial charge in [-0.05, 0) is 42.0 Å². The van der Waals surface area contributed by atoms with Crippen LogP contribution in [0.4, 0.5) is 20.4 Å². The summed E-state index contributed by atoms with van der Waals surface area (Å²) >= 11 is 0. The van der Waals surface area contributed by atoms with Gasteiger partial charge in [-0.1, -0.05) is 12.1 Å². The first-order valence-corrected chi connectivity index (χ1v) is 11.3. The van der Waals surface area contributed by atoms with Gasteiger partial charge < -0.3 is 24.9 Å². The molecule has 1 fully saturated rings. The highest BCUT2D eigenvalue weighted by Crippen LogP contribution is 2.23. The minimum Gasteiger partial charge on any atom is -0.435 e. The van der Waals surface area contributed by atoms with Crippen molar-refractivity contribution in [3.05, 3.63) is 66.5 Å². The summed E-state index contributed by atoms with van der Waals surface area (Å²) in [5, 5.41) is 12.2. The maximum atomic E-state index is 12.9. The second kappa shape index (κ2) is 11.6. The lowest BCUT2D eigenvalue weighted by Crippen LogP contribution is -2.56. The first-order chi connectivity index (χ1) is 17.5. The molecule has 3 aromatic rings. The lowest BCUT2D eigenvalue weighted by molar-refractivity contribution is -0.114. The van der Waals surface area contributed by atoms with E-state index in [1.807, 2.05) is 4.90 Å². The maximum absolute atomic E-state index is 12.9. The molecule has 0 saturated carbocycles. The number of carbonyl (C=O) groups is 2. The Morgan fingerprint density at radius 1 is 1.08 bits per heavy atom. The summed E-state index contributed by atoms with van der Waals surface area (Å²) in [5.74, 6) is 0.259. The Kier molecular flexibility index (Phi) is 8.13. The number of amides is 1. The Morgan fingerprint density at radius 3 is 2.39 bits per heavy atom. The summed E-state index contributed by atoms with van der Waals surface area (Å²) < 4.78 is 28.9. The molecule has 0 bridgehead atoms. The number of ether oxygens (including phenoxy) is 1. The van der Waals surface area contributed by atoms with E-state index in [-0.39, 0.29) is 24.8 Å². The van der Waals surface area contributed by atoms with Gasteiger partial charge in [0.15, 0.2) is 0 Å². The number of aromatic nitrogens is 2. The molecule has 1 aliphatic rings. The van der Waals surface area contributed by atoms with Crippen LogP contribution in [0.3, 0.4) is 0 Å². The molecule has 1 saturated heterocycles. The number of anilines is 2. The van der Waals surface area contributed by atoms with Gasteiger partial charge in [0, 0.05) is 55.4 Å². The second-order valence-corrected chi connectivity index (χ2v) is 8.11. The van der Waals surface area contributed by atoms with Crippen LogP contribution in [0.5, 0.6) is 5.75 Å². The van der Waals surface area contributed by atoms with E-state index < -0.39 is 12.7 Å². The Morgan fingerprint density at radius 2 is 1.78 bits per heavy atom. The predicted octanol–water partition coefficient (Wildman–Crippen LogP) is 2.81. The van der Waals surface area contributed by atoms with E-state index in [1.54, 1.807) is 53.7 Å². The smallest absolute Gasteiger partial charge is 0.387 e. The largest absolute Gasteiger partial charge is 0.435 e. The van der Waals surface area contributed by atoms with Crippen molar-refractivity contribution in [1.82, 2.24) is 19.8 Å². The lowest BCUT2D eigenvalue weighted by atomic mass is 10.1. The molecule has 1 amide bonds. The van der Waals surface area contributed by atoms with Gasteiger partial charge in [0.1, 0.15) is 12.0 Å². The highest BCUT2D eigenvalue weighted by atomic mass is 19.3. The monoisotopic (exact) mass is 497 g/mol. The Balaban J connectivity index is 1.35. The van der Waals surface area contributed by atoms with Crippen molar-refractivity contribution in [1.29, 1.82) is 0 Å². The number of aldehydes is 1. The molecule has 9 nitrogen and oxygen atoms in total. The first kappa shape index (κ1) is 25.1. The molecule has 36 heavy (non-hydrogen) atoms. The summed E-state index contributed by atoms with van der Waals surface area (Å²) in [6.07, 6.45) is 4.02. The van der Waals surface area contributed by atoms with Gasteiger partial charge in [-0.3, -0.25) is 9.69 Å². The molecule has 2 heterocycles. The van der Waals surface area contributed by atoms with Gasteiger partial charge >= 0.3 is 6.61 Å². The number of hydrogen-bond donors (Lipinski definition) is 2. The zero-order valence-electron chi connectivity index (χ0n) is 19.3. The van der Waals surface area contributed by atoms with Crippen LogP contribution < -0.4 is 10.1 Å². The Bertz CT molecular complexity index is 1160. The minimum atomic E-state index is -2.88. The quantitative estimate of drug-likeness (QED) is 0.435. The number of halogens is 2. The third kappa shape index (κ3) is 6.18. The molecule has 1 aliphatic heterocycles. The number of nitrogens with zero attached hydrogens (tertiary/aromatic N) is 4. The molecule has 11 heteroatoms. The second-order valence-electron chi connectivity index (χ2n) is 8.11. The molecule has 1 atom stereocenters. The van der Waals surface area contributed by atoms with E-state index in [2.05, 4.69) is 20.0 Å². The van der Waals surface area contributed by atoms with Crippen molar-refractivity contribution >= 4 is 23.8 Å². The Hall–Kier alpha value is -3.96. The summed E-state index contributed by atoms with van der Waals surface area (Å²) in [7, 11) is 0. The van der Waals surface area contributed by atoms with Gasteiger partial charge in [-0.2, -0.15) is 8.78 Å². The third-order valence-corrected chi connectivity index (χ3v) is 5.82. The molecule has 2 aromatic carbocycles. The molecule has 2 N–H and O–H groups in total. The number of carbonyl (C=O) groups excluding carboxylic acids is 2. The van der Waals surface area contributed by atoms with E-state index in [9.17, 15) is 18.4 Å². The van der Waals surface area contributed by atoms with E-state index in [0.29, 0.717) is 42.4 Å². The average Bonchev–Trinajstić information content (AvgIpc) is 2.90. The van der Waals surface area contributed by atoms with Crippen LogP contribution in [0, 0.1) is 0 Å². The van der Waals surface area contributed by atoms with E-state index >= 15 is 0 Å². The topological polar surface area (TPSA) is 108 Å². The molecule has 1 aromatic heterocycles. The molecule has 0 spiro atoms. The number of rotatable bonds is 9. The highest BCUT2D eigenvalue weighted by molar-refractivity contribution is 5.95. The van der Waals surface area contributed by atoms with Gasteiger partial charge in [-0.15, -0.1) is 0 Å². The van der Waals surface area contributed by atoms with Crippen LogP contribution in [0.2, 0.25) is 0 Å². The lowest BCUT2D eigenvalue weighted by Gasteiger charge is -2.38. The van der Waals surface area contributed by atoms with Gasteiger partial charge in [0.05, 0.1) is 12.6 Å². The van der Waals surface area contributed by atoms with Crippen molar-refractivity contribution in [3.8, 4) is 16.9 Å². The number of alkyl halides is 2. The van der Waals surface area contributed by atoms with Crippen LogP contribution in [-0.4, -0.2) is 82.5 Å². The van der Waals surface area contributed by atoms with Crippen molar-refractivity contribution in [2.75, 3.05) is 38.1 Å². The van der Waals surface area contributed by atoms with Gasteiger partial charge in [0.2, 0.25) is 5.95 Å². The zero-order chi connectivity index (χ0) is 25.5. The molecular formula is C25H25F2N5O4. The van der Waals surface area contributed by atoms with Crippen LogP contribution >= 0.6 is 0 Å². The van der Waals surface area contributed by atoms with Crippen LogP contribution in [0.15, 0.2) is 60.9 Å². The highest BCUT2D eigenvalue weighted by Gasteiger charge is 2.29. The number of aliphatic hydroxyl groups is 1. The molecule has 4 rings (SSSR count). The Labute approximate surface area is 206 Å². The fraction of sp³-hybridized carbons (Fsp3) is 0.280. The van der Waals surface area contributed by atoms with Gasteiger partial charge in [-0.25, -0.2) is 9.97 Å². The standard InChI is InChI=1S/C25H25F2N5O4/c26-24(27)36-22-7-3-17(4-8-22)19-13-28-25(29-14-19)30-20-5-1-18(2-6-20)23(35)32-10-9-31(11-12-33)21(15-32)16-34/h1-8,13-14,16,21,24,33H,9-12,15H2,(H,28,29,30). The number of nitrogens with one attached hydrogen (secondary N) is 1. The van der Waals surface area contributed by atoms with E-state index in [1.165, 1.54) is 12.1 Å². The first-order valence-electron chi connectivity index (χ1n) is 11.3. The predicted molar refractivity (Wildman–Crippen MR) is 128 cm³/mol.